The molecule has 9 aromatic rings. The van der Waals surface area contributed by atoms with Gasteiger partial charge in [0.1, 0.15) is 100 Å². The topological polar surface area (TPSA) is 411 Å². The van der Waals surface area contributed by atoms with Crippen LogP contribution in [0.2, 0.25) is 0 Å². The van der Waals surface area contributed by atoms with Gasteiger partial charge in [0.25, 0.3) is 17.7 Å². The number of nitrogens with two attached hydrogens (primary N) is 1. The van der Waals surface area contributed by atoms with Gasteiger partial charge in [0, 0.05) is 76.5 Å². The molecule has 5 N–H and O–H groups in total. The maximum atomic E-state index is 15.8. The average Bonchev–Trinajstić information content (AvgIpc) is 1.66. The van der Waals surface area contributed by atoms with E-state index in [9.17, 15) is 43.2 Å². The van der Waals surface area contributed by atoms with Gasteiger partial charge in [0.2, 0.25) is 11.8 Å². The smallest absolute Gasteiger partial charge is 0.469 e. The van der Waals surface area contributed by atoms with E-state index in [2.05, 4.69) is 16.0 Å². The zero-order valence-corrected chi connectivity index (χ0v) is 65.7. The third-order valence-corrected chi connectivity index (χ3v) is 23.9. The van der Waals surface area contributed by atoms with E-state index < -0.39 is 115 Å². The Hall–Kier alpha value is -10.9. The van der Waals surface area contributed by atoms with Crippen molar-refractivity contribution >= 4 is 140 Å². The Bertz CT molecular complexity index is 4950. The fourth-order valence-electron chi connectivity index (χ4n) is 13.0. The summed E-state index contributed by atoms with van der Waals surface area (Å²) >= 11 is 6.71. The fraction of sp³-hybridized carbons (Fsp3) is 0.378. The summed E-state index contributed by atoms with van der Waals surface area (Å²) in [5.74, 6) is -6.36. The van der Waals surface area contributed by atoms with E-state index in [0.717, 1.165) is 34.0 Å². The molecule has 2 fully saturated rings. The van der Waals surface area contributed by atoms with Crippen LogP contribution in [0.1, 0.15) is 166 Å². The van der Waals surface area contributed by atoms with Crippen molar-refractivity contribution in [2.45, 2.75) is 135 Å². The molecule has 1 saturated heterocycles. The number of carbonyl (C=O) groups excluding carboxylic acids is 11. The number of aryl methyl sites for hydroxylation is 1. The average molecular weight is 1630 g/mol. The molecule has 2 aliphatic heterocycles. The van der Waals surface area contributed by atoms with Gasteiger partial charge in [-0.1, -0.05) is 49.4 Å². The molecule has 7 aromatic heterocycles. The Morgan fingerprint density at radius 3 is 2.03 bits per heavy atom. The van der Waals surface area contributed by atoms with E-state index in [4.69, 9.17) is 73.8 Å². The highest BCUT2D eigenvalue weighted by Crippen LogP contribution is 2.45. The first-order valence-electron chi connectivity index (χ1n) is 35.2. The molecular formula is C74H75N13O18S6. The van der Waals surface area contributed by atoms with Crippen molar-refractivity contribution in [3.05, 3.63) is 142 Å². The molecule has 10 bridgehead atoms. The monoisotopic (exact) mass is 1630 g/mol. The number of rotatable bonds is 19. The highest BCUT2D eigenvalue weighted by molar-refractivity contribution is 7.15. The summed E-state index contributed by atoms with van der Waals surface area (Å²) in [5, 5.41) is 18.6. The Morgan fingerprint density at radius 2 is 1.32 bits per heavy atom. The van der Waals surface area contributed by atoms with Crippen molar-refractivity contribution in [3.8, 4) is 49.1 Å². The Morgan fingerprint density at radius 1 is 0.649 bits per heavy atom. The zero-order chi connectivity index (χ0) is 78.7. The number of amides is 6. The number of pyridine rings is 1. The Balaban J connectivity index is 0.952. The van der Waals surface area contributed by atoms with Crippen molar-refractivity contribution in [2.24, 2.45) is 17.6 Å². The second-order valence-corrected chi connectivity index (χ2v) is 31.6. The molecule has 580 valence electrons. The number of benzene rings is 2. The molecule has 111 heavy (non-hydrogen) atoms. The highest BCUT2D eigenvalue weighted by atomic mass is 32.1. The second-order valence-electron chi connectivity index (χ2n) is 26.0. The molecule has 31 nitrogen and oxygen atoms in total. The van der Waals surface area contributed by atoms with Gasteiger partial charge >= 0.3 is 36.1 Å². The van der Waals surface area contributed by atoms with E-state index in [1.807, 2.05) is 6.92 Å². The van der Waals surface area contributed by atoms with Crippen LogP contribution in [0.25, 0.3) is 43.4 Å². The molecule has 37 heteroatoms. The number of nitrogens with one attached hydrogen (secondary N) is 3. The summed E-state index contributed by atoms with van der Waals surface area (Å²) in [5.41, 5.74) is 8.14. The minimum absolute atomic E-state index is 0.0656. The number of thiazole rings is 6. The SMILES string of the molecule is CCOC(=O)Oc1ccc(C[C@@H]2NC(=O)c3csc(n3)[C@H]([C@H](OC(C)=O)c3ccccc3)NC(=O)c3nc(sc3C)[C@H](CC(N)=O)NC(=O)c3csc(n3)-c3ccc(-c4nc(N(CCCCC(=O)OC)C(=O)OC5CCC(C(=O)OC)CC5)cs4)nc3-c3csc(n3)-c3csc(n3)[C@@H]3[C@@H](C)[C@@H](OC(C)=O)CN3C2=O)cc1. The molecular weight excluding hydrogens is 1550 g/mol. The molecule has 9 heterocycles. The Labute approximate surface area is 659 Å². The number of primary amides is 1. The molecule has 1 aliphatic carbocycles. The fourth-order valence-corrected chi connectivity index (χ4v) is 18.3. The largest absolute Gasteiger partial charge is 0.513 e. The lowest BCUT2D eigenvalue weighted by Gasteiger charge is -2.29. The number of unbranched alkanes of at least 4 members (excludes halogenated alkanes) is 1. The van der Waals surface area contributed by atoms with E-state index in [1.54, 1.807) is 84.6 Å². The lowest BCUT2D eigenvalue weighted by Crippen LogP contribution is -2.50. The van der Waals surface area contributed by atoms with Gasteiger partial charge in [-0.15, -0.1) is 68.0 Å². The van der Waals surface area contributed by atoms with Gasteiger partial charge in [-0.25, -0.2) is 44.5 Å². The van der Waals surface area contributed by atoms with Crippen LogP contribution in [0.4, 0.5) is 15.4 Å². The minimum Gasteiger partial charge on any atom is -0.469 e. The molecule has 0 radical (unpaired) electrons. The van der Waals surface area contributed by atoms with Gasteiger partial charge < -0.3 is 59.7 Å². The standard InChI is InChI=1S/C74H75N13O18S6/c1-8-101-74(98)105-44-21-17-40(18-22-44)28-48-71(95)87-30-53(102-38(4)88)36(2)60(87)70-82-52(34-109-70)67-79-49(31-107-67)58-45(25-26-46(76-58)66-83-55(35-110-66)86(27-13-12-16-56(91)99-6)73(97)104-43-23-19-42(20-24-43)72(96)100-7)65-80-50(32-106-65)62(92)77-47(29-54(75)90)68-85-57(37(3)111-68)64(94)84-59(69-81-51(33-108-69)63(93)78-48)61(103-39(5)89)41-14-10-9-11-15-41/h9-11,14-15,17-18,21-22,25-26,31-36,42-43,47-48,53,59-61H,8,12-13,16,19-20,23-24,27-30H2,1-7H3,(H2,75,90)(H,77,92)(H,78,93)(H,84,94)/t36-,42?,43?,47-,48-,53-,59-,60-,61+/m0/s1. The van der Waals surface area contributed by atoms with Gasteiger partial charge in [-0.05, 0) is 87.8 Å². The summed E-state index contributed by atoms with van der Waals surface area (Å²) in [4.78, 5) is 188. The zero-order valence-electron chi connectivity index (χ0n) is 60.8. The molecule has 0 spiro atoms. The van der Waals surface area contributed by atoms with Gasteiger partial charge in [0.15, 0.2) is 6.10 Å². The Kier molecular flexibility index (Phi) is 25.8. The molecule has 6 amide bonds. The van der Waals surface area contributed by atoms with Crippen molar-refractivity contribution in [2.75, 3.05) is 38.8 Å². The quantitative estimate of drug-likeness (QED) is 0.0253. The first-order valence-corrected chi connectivity index (χ1v) is 40.4. The van der Waals surface area contributed by atoms with Crippen LogP contribution in [0.15, 0.2) is 93.6 Å². The van der Waals surface area contributed by atoms with Crippen molar-refractivity contribution in [1.29, 1.82) is 0 Å². The third kappa shape index (κ3) is 19.1. The molecule has 12 rings (SSSR count). The number of fused-ring (bicyclic) bond motifs is 16. The number of ether oxygens (including phenoxy) is 7. The highest BCUT2D eigenvalue weighted by Gasteiger charge is 2.48. The van der Waals surface area contributed by atoms with Gasteiger partial charge in [-0.3, -0.25) is 48.1 Å². The third-order valence-electron chi connectivity index (χ3n) is 18.4. The predicted molar refractivity (Wildman–Crippen MR) is 408 cm³/mol. The number of carbonyl (C=O) groups is 11. The van der Waals surface area contributed by atoms with E-state index in [-0.39, 0.29) is 88.8 Å². The normalized spacial score (nSPS) is 19.5. The summed E-state index contributed by atoms with van der Waals surface area (Å²) in [6.45, 7) is 7.57. The van der Waals surface area contributed by atoms with Gasteiger partial charge in [0.05, 0.1) is 57.5 Å². The van der Waals surface area contributed by atoms with Crippen LogP contribution >= 0.6 is 68.0 Å². The molecule has 2 aromatic carbocycles. The van der Waals surface area contributed by atoms with E-state index in [0.29, 0.717) is 97.2 Å². The molecule has 7 atom stereocenters. The van der Waals surface area contributed by atoms with Crippen LogP contribution < -0.4 is 31.3 Å². The predicted octanol–water partition coefficient (Wildman–Crippen LogP) is 11.3. The molecule has 1 saturated carbocycles. The number of hydrogen-bond donors (Lipinski definition) is 4. The first kappa shape index (κ1) is 79.7. The number of nitrogens with zero attached hydrogens (tertiary/aromatic N) is 9. The summed E-state index contributed by atoms with van der Waals surface area (Å²) in [7, 11) is 2.64. The van der Waals surface area contributed by atoms with Crippen molar-refractivity contribution < 1.29 is 85.9 Å². The van der Waals surface area contributed by atoms with E-state index >= 15 is 9.59 Å². The first-order chi connectivity index (χ1) is 53.4. The summed E-state index contributed by atoms with van der Waals surface area (Å²) in [6, 6.07) is 13.4. The summed E-state index contributed by atoms with van der Waals surface area (Å²) in [6.07, 6.45) is -2.12. The lowest BCUT2D eigenvalue weighted by molar-refractivity contribution is -0.149. The van der Waals surface area contributed by atoms with Crippen molar-refractivity contribution in [3.63, 3.8) is 0 Å². The number of hydrogen-bond acceptors (Lipinski definition) is 31. The number of methoxy groups -OCH3 is 2. The van der Waals surface area contributed by atoms with Crippen LogP contribution in [0, 0.1) is 18.8 Å². The minimum atomic E-state index is -1.39. The molecule has 3 aliphatic rings. The van der Waals surface area contributed by atoms with E-state index in [1.165, 1.54) is 94.8 Å². The summed E-state index contributed by atoms with van der Waals surface area (Å²) < 4.78 is 38.1. The van der Waals surface area contributed by atoms with Crippen LogP contribution in [0.5, 0.6) is 5.75 Å². The van der Waals surface area contributed by atoms with Gasteiger partial charge in [-0.2, -0.15) is 0 Å². The maximum absolute atomic E-state index is 15.8. The maximum Gasteiger partial charge on any atom is 0.513 e. The second kappa shape index (κ2) is 35.9. The lowest BCUT2D eigenvalue weighted by atomic mass is 9.87. The van der Waals surface area contributed by atoms with Crippen LogP contribution in [0.3, 0.4) is 0 Å². The van der Waals surface area contributed by atoms with Crippen LogP contribution in [-0.2, 0) is 63.6 Å². The number of esters is 4. The number of aromatic nitrogens is 7. The number of anilines is 1. The van der Waals surface area contributed by atoms with Crippen LogP contribution in [-0.4, -0.2) is 158 Å². The molecule has 0 unspecified atom stereocenters. The van der Waals surface area contributed by atoms with Crippen molar-refractivity contribution in [1.82, 2.24) is 55.7 Å².